The van der Waals surface area contributed by atoms with Crippen molar-refractivity contribution < 1.29 is 9.53 Å². The zero-order valence-corrected chi connectivity index (χ0v) is 17.9. The van der Waals surface area contributed by atoms with E-state index < -0.39 is 0 Å². The average Bonchev–Trinajstić information content (AvgIpc) is 2.76. The van der Waals surface area contributed by atoms with Gasteiger partial charge in [0.05, 0.1) is 13.2 Å². The van der Waals surface area contributed by atoms with E-state index >= 15 is 0 Å². The van der Waals surface area contributed by atoms with Gasteiger partial charge in [0.1, 0.15) is 0 Å². The average molecular weight is 440 g/mol. The van der Waals surface area contributed by atoms with E-state index in [-0.39, 0.29) is 11.0 Å². The summed E-state index contributed by atoms with van der Waals surface area (Å²) < 4.78 is 5.39. The highest BCUT2D eigenvalue weighted by atomic mass is 35.5. The smallest absolute Gasteiger partial charge is 0.258 e. The van der Waals surface area contributed by atoms with Gasteiger partial charge in [-0.25, -0.2) is 0 Å². The number of benzene rings is 3. The molecule has 154 valence electrons. The Morgan fingerprint density at radius 3 is 2.47 bits per heavy atom. The van der Waals surface area contributed by atoms with Crippen LogP contribution < -0.4 is 10.6 Å². The van der Waals surface area contributed by atoms with Gasteiger partial charge in [-0.3, -0.25) is 15.0 Å². The van der Waals surface area contributed by atoms with Crippen LogP contribution in [-0.2, 0) is 11.3 Å². The minimum Gasteiger partial charge on any atom is -0.379 e. The predicted molar refractivity (Wildman–Crippen MR) is 125 cm³/mol. The molecule has 0 unspecified atom stereocenters. The molecule has 0 aliphatic carbocycles. The number of morpholine rings is 1. The second kappa shape index (κ2) is 9.53. The van der Waals surface area contributed by atoms with Gasteiger partial charge in [0.2, 0.25) is 0 Å². The van der Waals surface area contributed by atoms with Gasteiger partial charge in [0.15, 0.2) is 5.11 Å². The summed E-state index contributed by atoms with van der Waals surface area (Å²) in [5.74, 6) is -0.274. The van der Waals surface area contributed by atoms with Gasteiger partial charge in [-0.05, 0) is 47.4 Å². The number of nitrogens with zero attached hydrogens (tertiary/aromatic N) is 1. The molecule has 0 bridgehead atoms. The molecule has 0 spiro atoms. The Hall–Kier alpha value is -2.51. The molecule has 3 aromatic rings. The number of nitrogens with one attached hydrogen (secondary N) is 2. The maximum absolute atomic E-state index is 12.7. The lowest BCUT2D eigenvalue weighted by Gasteiger charge is -2.26. The van der Waals surface area contributed by atoms with E-state index in [9.17, 15) is 4.79 Å². The molecule has 4 rings (SSSR count). The second-order valence-corrected chi connectivity index (χ2v) is 7.95. The Bertz CT molecular complexity index is 1070. The summed E-state index contributed by atoms with van der Waals surface area (Å²) in [6, 6.07) is 19.0. The molecule has 0 saturated carbocycles. The van der Waals surface area contributed by atoms with Crippen LogP contribution in [-0.4, -0.2) is 42.2 Å². The zero-order chi connectivity index (χ0) is 20.9. The van der Waals surface area contributed by atoms with Gasteiger partial charge in [-0.1, -0.05) is 48.0 Å². The maximum atomic E-state index is 12.7. The van der Waals surface area contributed by atoms with E-state index in [1.54, 1.807) is 12.1 Å². The number of fused-ring (bicyclic) bond motifs is 1. The van der Waals surface area contributed by atoms with E-state index in [2.05, 4.69) is 27.7 Å². The molecule has 1 heterocycles. The summed E-state index contributed by atoms with van der Waals surface area (Å²) >= 11 is 11.6. The van der Waals surface area contributed by atoms with E-state index in [0.29, 0.717) is 10.6 Å². The van der Waals surface area contributed by atoms with Crippen molar-refractivity contribution in [1.82, 2.24) is 10.2 Å². The highest BCUT2D eigenvalue weighted by Gasteiger charge is 2.13. The Morgan fingerprint density at radius 1 is 1.00 bits per heavy atom. The van der Waals surface area contributed by atoms with Crippen molar-refractivity contribution in [3.05, 3.63) is 76.8 Å². The first-order chi connectivity index (χ1) is 14.6. The third-order valence-electron chi connectivity index (χ3n) is 5.06. The molecule has 2 N–H and O–H groups in total. The maximum Gasteiger partial charge on any atom is 0.258 e. The van der Waals surface area contributed by atoms with Crippen LogP contribution in [0.3, 0.4) is 0 Å². The van der Waals surface area contributed by atoms with Crippen LogP contribution in [0, 0.1) is 0 Å². The fourth-order valence-electron chi connectivity index (χ4n) is 3.51. The predicted octanol–water partition coefficient (Wildman–Crippen LogP) is 4.45. The molecule has 30 heavy (non-hydrogen) atoms. The number of thiocarbonyl (C=S) groups is 1. The Balaban J connectivity index is 1.37. The Labute approximate surface area is 186 Å². The highest BCUT2D eigenvalue weighted by Crippen LogP contribution is 2.26. The zero-order valence-electron chi connectivity index (χ0n) is 16.4. The van der Waals surface area contributed by atoms with E-state index in [4.69, 9.17) is 28.6 Å². The normalized spacial score (nSPS) is 14.4. The number of halogens is 1. The molecule has 0 aromatic heterocycles. The van der Waals surface area contributed by atoms with Gasteiger partial charge in [-0.15, -0.1) is 0 Å². The molecule has 1 fully saturated rings. The lowest BCUT2D eigenvalue weighted by atomic mass is 10.0. The van der Waals surface area contributed by atoms with Gasteiger partial charge in [0.25, 0.3) is 5.91 Å². The molecule has 0 atom stereocenters. The number of carbonyl (C=O) groups is 1. The van der Waals surface area contributed by atoms with Crippen LogP contribution in [0.1, 0.15) is 15.9 Å². The van der Waals surface area contributed by atoms with Crippen LogP contribution in [0.15, 0.2) is 60.7 Å². The monoisotopic (exact) mass is 439 g/mol. The quantitative estimate of drug-likeness (QED) is 0.588. The molecule has 5 nitrogen and oxygen atoms in total. The van der Waals surface area contributed by atoms with Crippen LogP contribution in [0.25, 0.3) is 10.8 Å². The summed E-state index contributed by atoms with van der Waals surface area (Å²) in [6.45, 7) is 4.38. The summed E-state index contributed by atoms with van der Waals surface area (Å²) in [6.07, 6.45) is 0. The third-order valence-corrected chi connectivity index (χ3v) is 5.60. The van der Waals surface area contributed by atoms with Crippen LogP contribution in [0.4, 0.5) is 5.69 Å². The molecule has 1 aliphatic rings. The van der Waals surface area contributed by atoms with Gasteiger partial charge in [0, 0.05) is 41.3 Å². The largest absolute Gasteiger partial charge is 0.379 e. The minimum atomic E-state index is -0.274. The van der Waals surface area contributed by atoms with Crippen molar-refractivity contribution in [2.75, 3.05) is 31.6 Å². The minimum absolute atomic E-state index is 0.250. The number of hydrogen-bond donors (Lipinski definition) is 2. The lowest BCUT2D eigenvalue weighted by Crippen LogP contribution is -2.35. The van der Waals surface area contributed by atoms with Crippen molar-refractivity contribution in [2.24, 2.45) is 0 Å². The lowest BCUT2D eigenvalue weighted by molar-refractivity contribution is 0.0342. The number of anilines is 1. The molecule has 1 aliphatic heterocycles. The second-order valence-electron chi connectivity index (χ2n) is 7.13. The molecule has 1 saturated heterocycles. The molecule has 3 aromatic carbocycles. The summed E-state index contributed by atoms with van der Waals surface area (Å²) in [5.41, 5.74) is 2.58. The van der Waals surface area contributed by atoms with Crippen molar-refractivity contribution in [2.45, 2.75) is 6.54 Å². The van der Waals surface area contributed by atoms with Crippen molar-refractivity contribution in [3.8, 4) is 0 Å². The van der Waals surface area contributed by atoms with E-state index in [1.165, 1.54) is 5.56 Å². The van der Waals surface area contributed by atoms with Gasteiger partial charge < -0.3 is 10.1 Å². The number of ether oxygens (including phenoxy) is 1. The van der Waals surface area contributed by atoms with Gasteiger partial charge in [-0.2, -0.15) is 0 Å². The highest BCUT2D eigenvalue weighted by molar-refractivity contribution is 7.80. The number of amides is 1. The number of rotatable bonds is 4. The fourth-order valence-corrected chi connectivity index (χ4v) is 3.96. The Kier molecular flexibility index (Phi) is 6.59. The van der Waals surface area contributed by atoms with E-state index in [1.807, 2.05) is 36.4 Å². The molecular weight excluding hydrogens is 418 g/mol. The van der Waals surface area contributed by atoms with Gasteiger partial charge >= 0.3 is 0 Å². The van der Waals surface area contributed by atoms with Crippen molar-refractivity contribution in [1.29, 1.82) is 0 Å². The molecule has 1 amide bonds. The van der Waals surface area contributed by atoms with E-state index in [0.717, 1.165) is 49.3 Å². The topological polar surface area (TPSA) is 53.6 Å². The first kappa shape index (κ1) is 20.8. The molecule has 7 heteroatoms. The SMILES string of the molecule is O=C(NC(=S)Nc1ccc(CN2CCOCC2)cc1)c1cccc2c(Cl)cccc12. The fraction of sp³-hybridized carbons (Fsp3) is 0.217. The van der Waals surface area contributed by atoms with Crippen LogP contribution in [0.2, 0.25) is 5.02 Å². The summed E-state index contributed by atoms with van der Waals surface area (Å²) in [4.78, 5) is 15.1. The third kappa shape index (κ3) is 4.96. The van der Waals surface area contributed by atoms with Crippen molar-refractivity contribution in [3.63, 3.8) is 0 Å². The number of carbonyl (C=O) groups excluding carboxylic acids is 1. The first-order valence-corrected chi connectivity index (χ1v) is 10.6. The summed E-state index contributed by atoms with van der Waals surface area (Å²) in [7, 11) is 0. The molecular formula is C23H22ClN3O2S. The van der Waals surface area contributed by atoms with Crippen molar-refractivity contribution >= 4 is 51.3 Å². The summed E-state index contributed by atoms with van der Waals surface area (Å²) in [5, 5.41) is 8.31. The first-order valence-electron chi connectivity index (χ1n) is 9.79. The standard InChI is InChI=1S/C23H22ClN3O2S/c24-21-6-2-3-18-19(21)4-1-5-20(18)22(28)26-23(30)25-17-9-7-16(8-10-17)15-27-11-13-29-14-12-27/h1-10H,11-15H2,(H2,25,26,28,30). The Morgan fingerprint density at radius 2 is 1.70 bits per heavy atom. The van der Waals surface area contributed by atoms with Crippen LogP contribution in [0.5, 0.6) is 0 Å². The number of hydrogen-bond acceptors (Lipinski definition) is 4. The van der Waals surface area contributed by atoms with Crippen LogP contribution >= 0.6 is 23.8 Å². The molecule has 0 radical (unpaired) electrons.